The van der Waals surface area contributed by atoms with Crippen molar-refractivity contribution in [3.8, 4) is 0 Å². The van der Waals surface area contributed by atoms with Crippen LogP contribution in [-0.2, 0) is 0 Å². The molecule has 0 atom stereocenters. The molecule has 2 aromatic heterocycles. The standard InChI is InChI=1S/C22H11ClN2O/c23-17-11-5-10-16-20-22(26-21(16)17)25-19-15-9-4-2-7-13(15)12-6-1-3-8-14(12)18(19)24-20/h1-11H. The van der Waals surface area contributed by atoms with Crippen LogP contribution in [0.25, 0.3) is 54.8 Å². The summed E-state index contributed by atoms with van der Waals surface area (Å²) in [5.41, 5.74) is 3.63. The zero-order chi connectivity index (χ0) is 17.3. The topological polar surface area (TPSA) is 38.9 Å². The molecule has 6 rings (SSSR count). The summed E-state index contributed by atoms with van der Waals surface area (Å²) in [5, 5.41) is 5.96. The molecule has 0 aliphatic rings. The molecule has 6 aromatic rings. The van der Waals surface area contributed by atoms with Crippen LogP contribution in [0.4, 0.5) is 0 Å². The van der Waals surface area contributed by atoms with Crippen molar-refractivity contribution in [2.24, 2.45) is 0 Å². The fourth-order valence-corrected chi connectivity index (χ4v) is 4.00. The van der Waals surface area contributed by atoms with E-state index in [0.29, 0.717) is 16.3 Å². The number of hydrogen-bond donors (Lipinski definition) is 0. The number of furan rings is 1. The maximum absolute atomic E-state index is 6.30. The number of benzene rings is 4. The van der Waals surface area contributed by atoms with Crippen molar-refractivity contribution in [1.29, 1.82) is 0 Å². The average molecular weight is 355 g/mol. The second kappa shape index (κ2) is 4.93. The van der Waals surface area contributed by atoms with Gasteiger partial charge < -0.3 is 4.42 Å². The van der Waals surface area contributed by atoms with Gasteiger partial charge in [-0.1, -0.05) is 66.2 Å². The van der Waals surface area contributed by atoms with Gasteiger partial charge in [-0.15, -0.1) is 0 Å². The van der Waals surface area contributed by atoms with E-state index in [1.807, 2.05) is 36.4 Å². The molecule has 4 heteroatoms. The lowest BCUT2D eigenvalue weighted by atomic mass is 9.99. The number of para-hydroxylation sites is 1. The lowest BCUT2D eigenvalue weighted by Crippen LogP contribution is -1.89. The number of fused-ring (bicyclic) bond motifs is 9. The molecule has 26 heavy (non-hydrogen) atoms. The van der Waals surface area contributed by atoms with E-state index in [2.05, 4.69) is 30.3 Å². The highest BCUT2D eigenvalue weighted by Crippen LogP contribution is 2.37. The van der Waals surface area contributed by atoms with Gasteiger partial charge in [-0.2, -0.15) is 0 Å². The molecular formula is C22H11ClN2O. The van der Waals surface area contributed by atoms with Gasteiger partial charge in [0.15, 0.2) is 5.58 Å². The van der Waals surface area contributed by atoms with Crippen LogP contribution in [0.2, 0.25) is 5.02 Å². The molecule has 2 heterocycles. The van der Waals surface area contributed by atoms with Gasteiger partial charge in [0.2, 0.25) is 5.71 Å². The second-order valence-electron chi connectivity index (χ2n) is 6.38. The number of hydrogen-bond acceptors (Lipinski definition) is 3. The molecule has 0 radical (unpaired) electrons. The van der Waals surface area contributed by atoms with E-state index in [0.717, 1.165) is 32.7 Å². The van der Waals surface area contributed by atoms with Gasteiger partial charge in [-0.3, -0.25) is 0 Å². The average Bonchev–Trinajstić information content (AvgIpc) is 3.06. The van der Waals surface area contributed by atoms with Gasteiger partial charge in [0.1, 0.15) is 11.0 Å². The lowest BCUT2D eigenvalue weighted by Gasteiger charge is -2.08. The maximum Gasteiger partial charge on any atom is 0.246 e. The van der Waals surface area contributed by atoms with E-state index < -0.39 is 0 Å². The Labute approximate surface area is 152 Å². The zero-order valence-corrected chi connectivity index (χ0v) is 14.3. The van der Waals surface area contributed by atoms with Crippen molar-refractivity contribution >= 4 is 66.4 Å². The Bertz CT molecular complexity index is 1500. The second-order valence-corrected chi connectivity index (χ2v) is 6.79. The molecule has 0 aliphatic carbocycles. The van der Waals surface area contributed by atoms with Crippen LogP contribution >= 0.6 is 11.6 Å². The number of halogens is 1. The highest BCUT2D eigenvalue weighted by Gasteiger charge is 2.16. The van der Waals surface area contributed by atoms with E-state index in [1.165, 1.54) is 10.8 Å². The summed E-state index contributed by atoms with van der Waals surface area (Å²) in [5.74, 6) is 0. The third-order valence-corrected chi connectivity index (χ3v) is 5.24. The van der Waals surface area contributed by atoms with Gasteiger partial charge in [-0.05, 0) is 22.9 Å². The molecule has 0 aliphatic heterocycles. The van der Waals surface area contributed by atoms with Gasteiger partial charge in [0, 0.05) is 10.8 Å². The normalized spacial score (nSPS) is 12.0. The van der Waals surface area contributed by atoms with Crippen molar-refractivity contribution in [2.45, 2.75) is 0 Å². The van der Waals surface area contributed by atoms with Crippen LogP contribution in [0.5, 0.6) is 0 Å². The molecule has 3 nitrogen and oxygen atoms in total. The summed E-state index contributed by atoms with van der Waals surface area (Å²) in [6.07, 6.45) is 0. The predicted octanol–water partition coefficient (Wildman–Crippen LogP) is 6.49. The molecule has 122 valence electrons. The third kappa shape index (κ3) is 1.73. The minimum Gasteiger partial charge on any atom is -0.435 e. The van der Waals surface area contributed by atoms with Crippen molar-refractivity contribution < 1.29 is 4.42 Å². The first-order valence-electron chi connectivity index (χ1n) is 8.39. The Morgan fingerprint density at radius 1 is 0.577 bits per heavy atom. The monoisotopic (exact) mass is 354 g/mol. The minimum absolute atomic E-state index is 0.515. The van der Waals surface area contributed by atoms with Crippen LogP contribution in [0, 0.1) is 0 Å². The molecule has 0 fully saturated rings. The van der Waals surface area contributed by atoms with Gasteiger partial charge in [0.25, 0.3) is 0 Å². The van der Waals surface area contributed by atoms with Crippen molar-refractivity contribution in [3.63, 3.8) is 0 Å². The van der Waals surface area contributed by atoms with Gasteiger partial charge in [-0.25, -0.2) is 9.97 Å². The molecule has 0 bridgehead atoms. The zero-order valence-electron chi connectivity index (χ0n) is 13.5. The first-order valence-corrected chi connectivity index (χ1v) is 8.77. The minimum atomic E-state index is 0.515. The first-order chi connectivity index (χ1) is 12.8. The number of aromatic nitrogens is 2. The Morgan fingerprint density at radius 2 is 1.15 bits per heavy atom. The SMILES string of the molecule is Clc1cccc2c1oc1nc3c4ccccc4c4ccccc4c3nc12. The van der Waals surface area contributed by atoms with Crippen molar-refractivity contribution in [1.82, 2.24) is 9.97 Å². The summed E-state index contributed by atoms with van der Waals surface area (Å²) < 4.78 is 5.95. The van der Waals surface area contributed by atoms with E-state index in [4.69, 9.17) is 26.0 Å². The summed E-state index contributed by atoms with van der Waals surface area (Å²) in [6, 6.07) is 22.3. The van der Waals surface area contributed by atoms with Gasteiger partial charge in [0.05, 0.1) is 15.9 Å². The molecule has 0 unspecified atom stereocenters. The number of nitrogens with zero attached hydrogens (tertiary/aromatic N) is 2. The molecule has 0 saturated heterocycles. The third-order valence-electron chi connectivity index (χ3n) is 4.94. The van der Waals surface area contributed by atoms with Crippen LogP contribution in [0.1, 0.15) is 0 Å². The Balaban J connectivity index is 1.95. The van der Waals surface area contributed by atoms with Crippen LogP contribution in [0.3, 0.4) is 0 Å². The first kappa shape index (κ1) is 14.0. The molecule has 0 saturated carbocycles. The molecule has 4 aromatic carbocycles. The summed E-state index contributed by atoms with van der Waals surface area (Å²) in [7, 11) is 0. The molecular weight excluding hydrogens is 344 g/mol. The Hall–Kier alpha value is -3.17. The fourth-order valence-electron chi connectivity index (χ4n) is 3.79. The Morgan fingerprint density at radius 3 is 1.85 bits per heavy atom. The quantitative estimate of drug-likeness (QED) is 0.293. The van der Waals surface area contributed by atoms with E-state index >= 15 is 0 Å². The van der Waals surface area contributed by atoms with E-state index in [1.54, 1.807) is 0 Å². The lowest BCUT2D eigenvalue weighted by molar-refractivity contribution is 0.655. The summed E-state index contributed by atoms with van der Waals surface area (Å²) >= 11 is 6.30. The van der Waals surface area contributed by atoms with Gasteiger partial charge >= 0.3 is 0 Å². The molecule has 0 N–H and O–H groups in total. The van der Waals surface area contributed by atoms with Crippen LogP contribution in [0.15, 0.2) is 71.1 Å². The van der Waals surface area contributed by atoms with Crippen LogP contribution in [-0.4, -0.2) is 9.97 Å². The smallest absolute Gasteiger partial charge is 0.246 e. The summed E-state index contributed by atoms with van der Waals surface area (Å²) in [6.45, 7) is 0. The highest BCUT2D eigenvalue weighted by atomic mass is 35.5. The summed E-state index contributed by atoms with van der Waals surface area (Å²) in [4.78, 5) is 9.82. The maximum atomic E-state index is 6.30. The highest BCUT2D eigenvalue weighted by molar-refractivity contribution is 6.35. The molecule has 0 spiro atoms. The van der Waals surface area contributed by atoms with Crippen molar-refractivity contribution in [2.75, 3.05) is 0 Å². The Kier molecular flexibility index (Phi) is 2.66. The van der Waals surface area contributed by atoms with Crippen molar-refractivity contribution in [3.05, 3.63) is 71.8 Å². The largest absolute Gasteiger partial charge is 0.435 e. The number of rotatable bonds is 0. The predicted molar refractivity (Wildman–Crippen MR) is 107 cm³/mol. The van der Waals surface area contributed by atoms with E-state index in [9.17, 15) is 0 Å². The fraction of sp³-hybridized carbons (Fsp3) is 0. The van der Waals surface area contributed by atoms with E-state index in [-0.39, 0.29) is 0 Å². The molecule has 0 amide bonds. The van der Waals surface area contributed by atoms with Crippen LogP contribution < -0.4 is 0 Å².